The quantitative estimate of drug-likeness (QED) is 0.577. The Balaban J connectivity index is 1.26. The van der Waals surface area contributed by atoms with E-state index in [1.54, 1.807) is 35.6 Å². The molecule has 0 radical (unpaired) electrons. The lowest BCUT2D eigenvalue weighted by atomic mass is 9.87. The van der Waals surface area contributed by atoms with Crippen LogP contribution in [0.1, 0.15) is 58.6 Å². The summed E-state index contributed by atoms with van der Waals surface area (Å²) in [6.07, 6.45) is 4.00. The van der Waals surface area contributed by atoms with Gasteiger partial charge in [0.1, 0.15) is 5.54 Å². The zero-order valence-electron chi connectivity index (χ0n) is 18.6. The summed E-state index contributed by atoms with van der Waals surface area (Å²) in [4.78, 5) is 48.1. The maximum atomic E-state index is 13.1. The minimum absolute atomic E-state index is 0.0213. The van der Waals surface area contributed by atoms with Crippen molar-refractivity contribution in [2.45, 2.75) is 44.6 Å². The number of thiazole rings is 1. The molecule has 2 saturated heterocycles. The Bertz CT molecular complexity index is 1250. The molecule has 170 valence electrons. The molecular weight excluding hydrogens is 438 g/mol. The van der Waals surface area contributed by atoms with E-state index < -0.39 is 11.6 Å². The molecule has 3 aromatic rings. The predicted molar refractivity (Wildman–Crippen MR) is 125 cm³/mol. The van der Waals surface area contributed by atoms with Crippen LogP contribution < -0.4 is 10.6 Å². The van der Waals surface area contributed by atoms with Crippen LogP contribution in [0, 0.1) is 6.92 Å². The number of aromatic nitrogens is 2. The van der Waals surface area contributed by atoms with Gasteiger partial charge in [-0.25, -0.2) is 14.8 Å². The van der Waals surface area contributed by atoms with Gasteiger partial charge >= 0.3 is 6.03 Å². The molecule has 9 heteroatoms. The average molecular weight is 464 g/mol. The van der Waals surface area contributed by atoms with E-state index in [1.165, 1.54) is 0 Å². The predicted octanol–water partition coefficient (Wildman–Crippen LogP) is 3.46. The van der Waals surface area contributed by atoms with E-state index >= 15 is 0 Å². The number of amides is 4. The number of benzene rings is 1. The lowest BCUT2D eigenvalue weighted by Crippen LogP contribution is -2.43. The number of likely N-dealkylation sites (tertiary alicyclic amines) is 1. The summed E-state index contributed by atoms with van der Waals surface area (Å²) < 4.78 is 1.11. The summed E-state index contributed by atoms with van der Waals surface area (Å²) in [5.41, 5.74) is 2.10. The van der Waals surface area contributed by atoms with Gasteiger partial charge in [-0.15, -0.1) is 11.3 Å². The molecule has 33 heavy (non-hydrogen) atoms. The largest absolute Gasteiger partial charge is 0.339 e. The zero-order valence-corrected chi connectivity index (χ0v) is 19.4. The number of rotatable bonds is 4. The molecule has 2 fully saturated rings. The number of fused-ring (bicyclic) bond motifs is 1. The van der Waals surface area contributed by atoms with Crippen molar-refractivity contribution in [2.24, 2.45) is 0 Å². The van der Waals surface area contributed by atoms with E-state index in [0.717, 1.165) is 33.8 Å². The molecule has 8 nitrogen and oxygen atoms in total. The van der Waals surface area contributed by atoms with Crippen LogP contribution in [-0.2, 0) is 10.3 Å². The van der Waals surface area contributed by atoms with Crippen LogP contribution in [0.2, 0.25) is 0 Å². The first-order chi connectivity index (χ1) is 15.9. The Morgan fingerprint density at radius 2 is 1.94 bits per heavy atom. The van der Waals surface area contributed by atoms with Gasteiger partial charge in [-0.2, -0.15) is 0 Å². The number of imide groups is 1. The molecule has 4 amide bonds. The molecule has 0 spiro atoms. The number of hydrogen-bond donors (Lipinski definition) is 2. The highest BCUT2D eigenvalue weighted by molar-refractivity contribution is 7.18. The van der Waals surface area contributed by atoms with Gasteiger partial charge in [0.15, 0.2) is 5.65 Å². The molecule has 4 heterocycles. The van der Waals surface area contributed by atoms with Gasteiger partial charge in [0, 0.05) is 30.8 Å². The lowest BCUT2D eigenvalue weighted by Gasteiger charge is -2.31. The van der Waals surface area contributed by atoms with Gasteiger partial charge in [-0.1, -0.05) is 19.1 Å². The Morgan fingerprint density at radius 1 is 1.21 bits per heavy atom. The maximum absolute atomic E-state index is 13.1. The number of carbonyl (C=O) groups is 3. The minimum atomic E-state index is -1.08. The van der Waals surface area contributed by atoms with Crippen LogP contribution in [0.4, 0.5) is 4.79 Å². The summed E-state index contributed by atoms with van der Waals surface area (Å²) in [6.45, 7) is 5.22. The molecule has 2 aromatic heterocycles. The normalized spacial score (nSPS) is 21.3. The average Bonchev–Trinajstić information content (AvgIpc) is 3.38. The van der Waals surface area contributed by atoms with Crippen molar-refractivity contribution in [3.63, 3.8) is 0 Å². The lowest BCUT2D eigenvalue weighted by molar-refractivity contribution is -0.124. The number of pyridine rings is 1. The van der Waals surface area contributed by atoms with Crippen molar-refractivity contribution in [3.05, 3.63) is 58.2 Å². The van der Waals surface area contributed by atoms with Crippen molar-refractivity contribution < 1.29 is 14.4 Å². The fourth-order valence-electron chi connectivity index (χ4n) is 4.67. The van der Waals surface area contributed by atoms with Gasteiger partial charge < -0.3 is 10.2 Å². The second kappa shape index (κ2) is 8.22. The van der Waals surface area contributed by atoms with Gasteiger partial charge in [-0.05, 0) is 55.5 Å². The van der Waals surface area contributed by atoms with Gasteiger partial charge in [0.05, 0.1) is 9.71 Å². The number of nitrogens with one attached hydrogen (secondary N) is 2. The number of aryl methyl sites for hydroxylation is 1. The fraction of sp³-hybridized carbons (Fsp3) is 0.375. The van der Waals surface area contributed by atoms with E-state index in [-0.39, 0.29) is 11.8 Å². The first kappa shape index (κ1) is 21.5. The number of carbonyl (C=O) groups excluding carboxylic acids is 3. The van der Waals surface area contributed by atoms with E-state index in [2.05, 4.69) is 21.7 Å². The molecule has 0 bridgehead atoms. The fourth-order valence-corrected chi connectivity index (χ4v) is 5.86. The first-order valence-electron chi connectivity index (χ1n) is 11.2. The molecule has 0 aliphatic carbocycles. The molecule has 1 unspecified atom stereocenters. The van der Waals surface area contributed by atoms with Crippen molar-refractivity contribution in [1.82, 2.24) is 25.5 Å². The number of nitrogens with zero attached hydrogens (tertiary/aromatic N) is 3. The van der Waals surface area contributed by atoms with Crippen LogP contribution in [0.5, 0.6) is 0 Å². The summed E-state index contributed by atoms with van der Waals surface area (Å²) >= 11 is 1.70. The monoisotopic (exact) mass is 463 g/mol. The van der Waals surface area contributed by atoms with E-state index in [1.807, 2.05) is 24.9 Å². The summed E-state index contributed by atoms with van der Waals surface area (Å²) in [5.74, 6) is -0.0479. The highest BCUT2D eigenvalue weighted by Gasteiger charge is 2.46. The van der Waals surface area contributed by atoms with Gasteiger partial charge in [0.25, 0.3) is 11.8 Å². The van der Waals surface area contributed by atoms with E-state index in [0.29, 0.717) is 36.6 Å². The molecule has 1 atom stereocenters. The standard InChI is InChI=1S/C24H25N5O3S/c1-3-24(22(31)27-23(32)28-24)17-6-4-16(5-7-17)21(30)29-10-8-15(9-11-29)20-26-19-18(33-20)12-14(2)13-25-19/h4-7,12-13,15H,3,8-11H2,1-2H3,(H2,27,28,31,32). The highest BCUT2D eigenvalue weighted by atomic mass is 32.1. The van der Waals surface area contributed by atoms with Crippen molar-refractivity contribution >= 4 is 39.5 Å². The van der Waals surface area contributed by atoms with Gasteiger partial charge in [-0.3, -0.25) is 14.9 Å². The van der Waals surface area contributed by atoms with Crippen molar-refractivity contribution in [1.29, 1.82) is 0 Å². The van der Waals surface area contributed by atoms with Gasteiger partial charge in [0.2, 0.25) is 0 Å². The summed E-state index contributed by atoms with van der Waals surface area (Å²) in [5, 5.41) is 6.12. The Labute approximate surface area is 195 Å². The molecule has 5 rings (SSSR count). The molecule has 2 aliphatic rings. The van der Waals surface area contributed by atoms with Crippen LogP contribution >= 0.6 is 11.3 Å². The number of piperidine rings is 1. The van der Waals surface area contributed by atoms with Crippen LogP contribution in [0.25, 0.3) is 10.3 Å². The molecule has 2 aliphatic heterocycles. The third-order valence-electron chi connectivity index (χ3n) is 6.63. The Kier molecular flexibility index (Phi) is 5.36. The van der Waals surface area contributed by atoms with Crippen LogP contribution in [0.15, 0.2) is 36.5 Å². The topological polar surface area (TPSA) is 104 Å². The van der Waals surface area contributed by atoms with Crippen molar-refractivity contribution in [2.75, 3.05) is 13.1 Å². The number of hydrogen-bond acceptors (Lipinski definition) is 6. The minimum Gasteiger partial charge on any atom is -0.339 e. The SMILES string of the molecule is CCC1(c2ccc(C(=O)N3CCC(c4nc5ncc(C)cc5s4)CC3)cc2)NC(=O)NC1=O. The van der Waals surface area contributed by atoms with Crippen LogP contribution in [0.3, 0.4) is 0 Å². The van der Waals surface area contributed by atoms with Crippen LogP contribution in [-0.4, -0.2) is 45.8 Å². The molecular formula is C24H25N5O3S. The van der Waals surface area contributed by atoms with Crippen molar-refractivity contribution in [3.8, 4) is 0 Å². The molecule has 0 saturated carbocycles. The second-order valence-electron chi connectivity index (χ2n) is 8.70. The smallest absolute Gasteiger partial charge is 0.322 e. The van der Waals surface area contributed by atoms with E-state index in [4.69, 9.17) is 4.98 Å². The Hall–Kier alpha value is -3.33. The third-order valence-corrected chi connectivity index (χ3v) is 7.78. The zero-order chi connectivity index (χ0) is 23.2. The molecule has 2 N–H and O–H groups in total. The highest BCUT2D eigenvalue weighted by Crippen LogP contribution is 2.34. The summed E-state index contributed by atoms with van der Waals surface area (Å²) in [7, 11) is 0. The Morgan fingerprint density at radius 3 is 2.58 bits per heavy atom. The second-order valence-corrected chi connectivity index (χ2v) is 9.76. The molecule has 1 aromatic carbocycles. The summed E-state index contributed by atoms with van der Waals surface area (Å²) in [6, 6.07) is 8.61. The third kappa shape index (κ3) is 3.76. The maximum Gasteiger partial charge on any atom is 0.322 e. The number of urea groups is 1. The first-order valence-corrected chi connectivity index (χ1v) is 12.0. The van der Waals surface area contributed by atoms with E-state index in [9.17, 15) is 14.4 Å².